The molecule has 28 heavy (non-hydrogen) atoms. The average Bonchev–Trinajstić information content (AvgIpc) is 2.69. The van der Waals surface area contributed by atoms with Crippen LogP contribution in [0.15, 0.2) is 77.7 Å². The van der Waals surface area contributed by atoms with Crippen molar-refractivity contribution in [1.29, 1.82) is 0 Å². The van der Waals surface area contributed by atoms with Crippen LogP contribution in [0.5, 0.6) is 11.5 Å². The van der Waals surface area contributed by atoms with Gasteiger partial charge in [0.05, 0.1) is 11.1 Å². The van der Waals surface area contributed by atoms with Gasteiger partial charge in [0.25, 0.3) is 0 Å². The SMILES string of the molecule is O=C(Oc1ccc(C(=O)Oc2ccc(B(O)O)cc2)cc1)c1ccc(S)cc1. The van der Waals surface area contributed by atoms with E-state index in [9.17, 15) is 9.59 Å². The second-order valence-corrected chi connectivity index (χ2v) is 6.31. The smallest absolute Gasteiger partial charge is 0.423 e. The second kappa shape index (κ2) is 8.75. The maximum atomic E-state index is 12.2. The van der Waals surface area contributed by atoms with Crippen LogP contribution in [0.25, 0.3) is 0 Å². The fourth-order valence-electron chi connectivity index (χ4n) is 2.30. The van der Waals surface area contributed by atoms with E-state index in [0.29, 0.717) is 5.56 Å². The minimum absolute atomic E-state index is 0.262. The molecule has 0 heterocycles. The Morgan fingerprint density at radius 3 is 1.50 bits per heavy atom. The molecular weight excluding hydrogens is 379 g/mol. The molecule has 2 N–H and O–H groups in total. The van der Waals surface area contributed by atoms with Gasteiger partial charge in [0, 0.05) is 4.90 Å². The molecule has 0 saturated heterocycles. The van der Waals surface area contributed by atoms with Gasteiger partial charge in [-0.05, 0) is 66.1 Å². The summed E-state index contributed by atoms with van der Waals surface area (Å²) in [5.74, 6) is -0.565. The molecule has 3 aromatic rings. The lowest BCUT2D eigenvalue weighted by Gasteiger charge is -2.07. The van der Waals surface area contributed by atoms with Gasteiger partial charge in [-0.15, -0.1) is 12.6 Å². The van der Waals surface area contributed by atoms with Gasteiger partial charge in [-0.3, -0.25) is 0 Å². The van der Waals surface area contributed by atoms with E-state index >= 15 is 0 Å². The van der Waals surface area contributed by atoms with E-state index in [1.165, 1.54) is 48.5 Å². The number of rotatable bonds is 5. The summed E-state index contributed by atoms with van der Waals surface area (Å²) in [6.07, 6.45) is 0. The fraction of sp³-hybridized carbons (Fsp3) is 0. The van der Waals surface area contributed by atoms with E-state index in [2.05, 4.69) is 12.6 Å². The third kappa shape index (κ3) is 5.01. The molecule has 0 unspecified atom stereocenters. The molecule has 0 aliphatic heterocycles. The Hall–Kier alpha value is -3.07. The molecule has 0 bridgehead atoms. The molecular formula is C20H15BO6S. The van der Waals surface area contributed by atoms with Crippen LogP contribution in [0, 0.1) is 0 Å². The van der Waals surface area contributed by atoms with Gasteiger partial charge in [0.2, 0.25) is 0 Å². The van der Waals surface area contributed by atoms with Crippen LogP contribution < -0.4 is 14.9 Å². The summed E-state index contributed by atoms with van der Waals surface area (Å²) in [6, 6.07) is 18.3. The molecule has 8 heteroatoms. The van der Waals surface area contributed by atoms with Crippen LogP contribution in [-0.4, -0.2) is 29.1 Å². The predicted octanol–water partition coefficient (Wildman–Crippen LogP) is 2.09. The van der Waals surface area contributed by atoms with Crippen molar-refractivity contribution in [2.75, 3.05) is 0 Å². The third-order valence-electron chi connectivity index (χ3n) is 3.79. The largest absolute Gasteiger partial charge is 0.488 e. The third-order valence-corrected chi connectivity index (χ3v) is 4.09. The van der Waals surface area contributed by atoms with Gasteiger partial charge in [0.1, 0.15) is 11.5 Å². The van der Waals surface area contributed by atoms with E-state index in [-0.39, 0.29) is 22.5 Å². The van der Waals surface area contributed by atoms with Gasteiger partial charge in [-0.2, -0.15) is 0 Å². The van der Waals surface area contributed by atoms with E-state index in [4.69, 9.17) is 19.5 Å². The van der Waals surface area contributed by atoms with E-state index in [1.54, 1.807) is 24.3 Å². The highest BCUT2D eigenvalue weighted by molar-refractivity contribution is 7.80. The van der Waals surface area contributed by atoms with Gasteiger partial charge in [0.15, 0.2) is 0 Å². The highest BCUT2D eigenvalue weighted by atomic mass is 32.1. The first-order valence-corrected chi connectivity index (χ1v) is 8.66. The van der Waals surface area contributed by atoms with Crippen molar-refractivity contribution in [3.05, 3.63) is 83.9 Å². The number of carbonyl (C=O) groups excluding carboxylic acids is 2. The summed E-state index contributed by atoms with van der Waals surface area (Å²) in [6.45, 7) is 0. The minimum Gasteiger partial charge on any atom is -0.423 e. The molecule has 0 aliphatic carbocycles. The molecule has 3 aromatic carbocycles. The summed E-state index contributed by atoms with van der Waals surface area (Å²) < 4.78 is 10.5. The first kappa shape index (κ1) is 19.7. The monoisotopic (exact) mass is 394 g/mol. The van der Waals surface area contributed by atoms with Crippen molar-refractivity contribution in [1.82, 2.24) is 0 Å². The molecule has 0 atom stereocenters. The van der Waals surface area contributed by atoms with Gasteiger partial charge in [-0.1, -0.05) is 12.1 Å². The van der Waals surface area contributed by atoms with Crippen LogP contribution >= 0.6 is 12.6 Å². The summed E-state index contributed by atoms with van der Waals surface area (Å²) in [4.78, 5) is 25.0. The van der Waals surface area contributed by atoms with Crippen LogP contribution in [-0.2, 0) is 0 Å². The van der Waals surface area contributed by atoms with Crippen molar-refractivity contribution in [3.63, 3.8) is 0 Å². The Morgan fingerprint density at radius 2 is 1.07 bits per heavy atom. The summed E-state index contributed by atoms with van der Waals surface area (Å²) >= 11 is 4.16. The number of thiol groups is 1. The van der Waals surface area contributed by atoms with Crippen LogP contribution in [0.4, 0.5) is 0 Å². The van der Waals surface area contributed by atoms with Crippen molar-refractivity contribution in [2.45, 2.75) is 4.90 Å². The maximum Gasteiger partial charge on any atom is 0.488 e. The maximum absolute atomic E-state index is 12.2. The summed E-state index contributed by atoms with van der Waals surface area (Å²) in [5, 5.41) is 18.1. The molecule has 0 fully saturated rings. The molecule has 0 aliphatic rings. The minimum atomic E-state index is -1.59. The van der Waals surface area contributed by atoms with Crippen molar-refractivity contribution in [3.8, 4) is 11.5 Å². The van der Waals surface area contributed by atoms with Gasteiger partial charge >= 0.3 is 19.1 Å². The highest BCUT2D eigenvalue weighted by Crippen LogP contribution is 2.17. The zero-order valence-corrected chi connectivity index (χ0v) is 15.4. The normalized spacial score (nSPS) is 10.2. The first-order chi connectivity index (χ1) is 13.4. The lowest BCUT2D eigenvalue weighted by atomic mass is 9.80. The van der Waals surface area contributed by atoms with Crippen LogP contribution in [0.1, 0.15) is 20.7 Å². The molecule has 140 valence electrons. The van der Waals surface area contributed by atoms with Crippen molar-refractivity contribution < 1.29 is 29.1 Å². The topological polar surface area (TPSA) is 93.1 Å². The van der Waals surface area contributed by atoms with Crippen molar-refractivity contribution in [2.24, 2.45) is 0 Å². The van der Waals surface area contributed by atoms with Crippen LogP contribution in [0.2, 0.25) is 0 Å². The zero-order valence-electron chi connectivity index (χ0n) is 14.5. The summed E-state index contributed by atoms with van der Waals surface area (Å²) in [5.41, 5.74) is 0.943. The van der Waals surface area contributed by atoms with E-state index in [1.807, 2.05) is 0 Å². The number of carbonyl (C=O) groups is 2. The number of hydrogen-bond donors (Lipinski definition) is 3. The first-order valence-electron chi connectivity index (χ1n) is 8.22. The quantitative estimate of drug-likeness (QED) is 0.266. The number of esters is 2. The Labute approximate surface area is 166 Å². The second-order valence-electron chi connectivity index (χ2n) is 5.79. The molecule has 0 amide bonds. The highest BCUT2D eigenvalue weighted by Gasteiger charge is 2.13. The number of ether oxygens (including phenoxy) is 2. The molecule has 0 spiro atoms. The Balaban J connectivity index is 1.62. The Morgan fingerprint density at radius 1 is 0.679 bits per heavy atom. The number of hydrogen-bond acceptors (Lipinski definition) is 7. The molecule has 0 saturated carbocycles. The Bertz CT molecular complexity index is 969. The lowest BCUT2D eigenvalue weighted by Crippen LogP contribution is -2.29. The predicted molar refractivity (Wildman–Crippen MR) is 106 cm³/mol. The van der Waals surface area contributed by atoms with Crippen LogP contribution in [0.3, 0.4) is 0 Å². The molecule has 0 radical (unpaired) electrons. The lowest BCUT2D eigenvalue weighted by molar-refractivity contribution is 0.0730. The van der Waals surface area contributed by atoms with E-state index < -0.39 is 19.1 Å². The standard InChI is InChI=1S/C20H15BO6S/c22-19(27-17-9-5-15(6-10-17)21(24)25)13-1-7-16(8-2-13)26-20(23)14-3-11-18(28)12-4-14/h1-12,24-25,28H. The van der Waals surface area contributed by atoms with E-state index in [0.717, 1.165) is 4.90 Å². The number of benzene rings is 3. The Kier molecular flexibility index (Phi) is 6.15. The summed E-state index contributed by atoms with van der Waals surface area (Å²) in [7, 11) is -1.59. The fourth-order valence-corrected chi connectivity index (χ4v) is 2.45. The van der Waals surface area contributed by atoms with Gasteiger partial charge in [-0.25, -0.2) is 9.59 Å². The average molecular weight is 394 g/mol. The van der Waals surface area contributed by atoms with Gasteiger partial charge < -0.3 is 19.5 Å². The van der Waals surface area contributed by atoms with Crippen molar-refractivity contribution >= 4 is 37.1 Å². The molecule has 6 nitrogen and oxygen atoms in total. The zero-order chi connectivity index (χ0) is 20.1. The molecule has 3 rings (SSSR count). The molecule has 0 aromatic heterocycles.